The number of aryl methyl sites for hydroxylation is 2. The Bertz CT molecular complexity index is 474. The molecule has 2 aromatic rings. The van der Waals surface area contributed by atoms with Crippen LogP contribution in [0.1, 0.15) is 5.56 Å². The van der Waals surface area contributed by atoms with Gasteiger partial charge in [-0.1, -0.05) is 0 Å². The number of pyridine rings is 1. The highest BCUT2D eigenvalue weighted by Crippen LogP contribution is 2.22. The van der Waals surface area contributed by atoms with Crippen molar-refractivity contribution in [1.82, 2.24) is 9.55 Å². The van der Waals surface area contributed by atoms with E-state index in [0.29, 0.717) is 11.2 Å². The van der Waals surface area contributed by atoms with E-state index < -0.39 is 11.6 Å². The molecule has 2 heterocycles. The molecule has 0 bridgehead atoms. The first-order valence-corrected chi connectivity index (χ1v) is 3.87. The molecular formula is C9H8F2N2. The molecule has 0 saturated carbocycles. The van der Waals surface area contributed by atoms with Gasteiger partial charge >= 0.3 is 0 Å². The molecule has 4 heteroatoms. The topological polar surface area (TPSA) is 17.8 Å². The van der Waals surface area contributed by atoms with Crippen LogP contribution in [0.15, 0.2) is 12.4 Å². The highest BCUT2D eigenvalue weighted by molar-refractivity contribution is 5.80. The Balaban J connectivity index is 2.98. The van der Waals surface area contributed by atoms with Gasteiger partial charge in [-0.2, -0.15) is 0 Å². The summed E-state index contributed by atoms with van der Waals surface area (Å²) < 4.78 is 27.7. The average molecular weight is 182 g/mol. The first-order chi connectivity index (χ1) is 6.11. The molecule has 0 aliphatic heterocycles. The van der Waals surface area contributed by atoms with Crippen molar-refractivity contribution in [2.75, 3.05) is 0 Å². The van der Waals surface area contributed by atoms with Gasteiger partial charge in [-0.15, -0.1) is 0 Å². The second-order valence-electron chi connectivity index (χ2n) is 3.04. The summed E-state index contributed by atoms with van der Waals surface area (Å²) in [5, 5.41) is 0.266. The third kappa shape index (κ3) is 1.02. The lowest BCUT2D eigenvalue weighted by molar-refractivity contribution is 0.512. The predicted octanol–water partition coefficient (Wildman–Crippen LogP) is 2.16. The largest absolute Gasteiger partial charge is 0.335 e. The van der Waals surface area contributed by atoms with E-state index in [1.807, 2.05) is 0 Å². The molecule has 2 aromatic heterocycles. The number of fused-ring (bicyclic) bond motifs is 1. The molecule has 0 fully saturated rings. The van der Waals surface area contributed by atoms with Gasteiger partial charge in [0.2, 0.25) is 0 Å². The fourth-order valence-electron chi connectivity index (χ4n) is 1.49. The van der Waals surface area contributed by atoms with Crippen molar-refractivity contribution < 1.29 is 8.78 Å². The van der Waals surface area contributed by atoms with Crippen molar-refractivity contribution in [3.8, 4) is 0 Å². The van der Waals surface area contributed by atoms with Crippen LogP contribution in [0, 0.1) is 18.6 Å². The van der Waals surface area contributed by atoms with Gasteiger partial charge in [0.05, 0.1) is 11.6 Å². The van der Waals surface area contributed by atoms with Crippen molar-refractivity contribution in [3.63, 3.8) is 0 Å². The summed E-state index contributed by atoms with van der Waals surface area (Å²) in [4.78, 5) is 3.81. The number of halogens is 2. The molecule has 0 aliphatic carbocycles. The highest BCUT2D eigenvalue weighted by atomic mass is 19.2. The standard InChI is InChI=1S/C9H8F2N2/c1-5-4-13(2)9-7(5)8(11)6(10)3-12-9/h3-4H,1-2H3. The van der Waals surface area contributed by atoms with Crippen LogP contribution >= 0.6 is 0 Å². The summed E-state index contributed by atoms with van der Waals surface area (Å²) in [6.07, 6.45) is 2.62. The Labute approximate surface area is 73.8 Å². The molecule has 0 aliphatic rings. The third-order valence-electron chi connectivity index (χ3n) is 2.07. The number of rotatable bonds is 0. The van der Waals surface area contributed by atoms with Crippen LogP contribution in [0.4, 0.5) is 8.78 Å². The molecule has 0 spiro atoms. The Morgan fingerprint density at radius 1 is 1.38 bits per heavy atom. The molecule has 0 N–H and O–H groups in total. The maximum atomic E-state index is 13.2. The number of hydrogen-bond donors (Lipinski definition) is 0. The number of nitrogens with zero attached hydrogens (tertiary/aromatic N) is 2. The van der Waals surface area contributed by atoms with Crippen molar-refractivity contribution in [2.45, 2.75) is 6.92 Å². The van der Waals surface area contributed by atoms with Crippen LogP contribution < -0.4 is 0 Å². The van der Waals surface area contributed by atoms with Gasteiger partial charge in [-0.25, -0.2) is 13.8 Å². The molecule has 68 valence electrons. The zero-order chi connectivity index (χ0) is 9.59. The van der Waals surface area contributed by atoms with E-state index in [1.54, 1.807) is 24.7 Å². The molecule has 13 heavy (non-hydrogen) atoms. The molecular weight excluding hydrogens is 174 g/mol. The molecule has 2 nitrogen and oxygen atoms in total. The Morgan fingerprint density at radius 3 is 2.77 bits per heavy atom. The van der Waals surface area contributed by atoms with Gasteiger partial charge in [0.1, 0.15) is 5.65 Å². The lowest BCUT2D eigenvalue weighted by atomic mass is 10.2. The van der Waals surface area contributed by atoms with Crippen LogP contribution in [0.2, 0.25) is 0 Å². The lowest BCUT2D eigenvalue weighted by Crippen LogP contribution is -1.92. The maximum absolute atomic E-state index is 13.2. The normalized spacial score (nSPS) is 11.1. The fraction of sp³-hybridized carbons (Fsp3) is 0.222. The van der Waals surface area contributed by atoms with Crippen molar-refractivity contribution in [3.05, 3.63) is 29.6 Å². The Kier molecular flexibility index (Phi) is 1.58. The van der Waals surface area contributed by atoms with Crippen LogP contribution in [0.25, 0.3) is 11.0 Å². The summed E-state index contributed by atoms with van der Waals surface area (Å²) in [6, 6.07) is 0. The third-order valence-corrected chi connectivity index (χ3v) is 2.07. The zero-order valence-corrected chi connectivity index (χ0v) is 7.31. The molecule has 2 rings (SSSR count). The summed E-state index contributed by atoms with van der Waals surface area (Å²) in [7, 11) is 1.75. The van der Waals surface area contributed by atoms with Crippen LogP contribution in [-0.4, -0.2) is 9.55 Å². The van der Waals surface area contributed by atoms with Gasteiger partial charge < -0.3 is 4.57 Å². The molecule has 0 amide bonds. The predicted molar refractivity (Wildman–Crippen MR) is 45.4 cm³/mol. The molecule has 0 aromatic carbocycles. The Hall–Kier alpha value is -1.45. The first-order valence-electron chi connectivity index (χ1n) is 3.87. The second kappa shape index (κ2) is 2.52. The van der Waals surface area contributed by atoms with E-state index in [0.717, 1.165) is 6.20 Å². The van der Waals surface area contributed by atoms with Gasteiger partial charge in [0, 0.05) is 13.2 Å². The quantitative estimate of drug-likeness (QED) is 0.610. The minimum atomic E-state index is -0.901. The van der Waals surface area contributed by atoms with E-state index in [1.165, 1.54) is 0 Å². The molecule has 0 saturated heterocycles. The van der Waals surface area contributed by atoms with Crippen LogP contribution in [-0.2, 0) is 7.05 Å². The smallest absolute Gasteiger partial charge is 0.177 e. The summed E-state index contributed by atoms with van der Waals surface area (Å²) in [6.45, 7) is 1.73. The zero-order valence-electron chi connectivity index (χ0n) is 7.31. The monoisotopic (exact) mass is 182 g/mol. The van der Waals surface area contributed by atoms with Crippen molar-refractivity contribution >= 4 is 11.0 Å². The van der Waals surface area contributed by atoms with Gasteiger partial charge in [0.25, 0.3) is 0 Å². The lowest BCUT2D eigenvalue weighted by Gasteiger charge is -1.96. The van der Waals surface area contributed by atoms with E-state index in [4.69, 9.17) is 0 Å². The van der Waals surface area contributed by atoms with Gasteiger partial charge in [-0.3, -0.25) is 0 Å². The Morgan fingerprint density at radius 2 is 2.08 bits per heavy atom. The van der Waals surface area contributed by atoms with E-state index in [-0.39, 0.29) is 5.39 Å². The fourth-order valence-corrected chi connectivity index (χ4v) is 1.49. The maximum Gasteiger partial charge on any atom is 0.177 e. The first kappa shape index (κ1) is 8.16. The van der Waals surface area contributed by atoms with E-state index in [2.05, 4.69) is 4.98 Å². The van der Waals surface area contributed by atoms with Crippen molar-refractivity contribution in [1.29, 1.82) is 0 Å². The number of aromatic nitrogens is 2. The van der Waals surface area contributed by atoms with Crippen molar-refractivity contribution in [2.24, 2.45) is 7.05 Å². The summed E-state index contributed by atoms with van der Waals surface area (Å²) in [5.74, 6) is -1.72. The molecule has 0 unspecified atom stereocenters. The van der Waals surface area contributed by atoms with E-state index in [9.17, 15) is 8.78 Å². The summed E-state index contributed by atoms with van der Waals surface area (Å²) >= 11 is 0. The van der Waals surface area contributed by atoms with Gasteiger partial charge in [0.15, 0.2) is 11.6 Å². The number of hydrogen-bond acceptors (Lipinski definition) is 1. The highest BCUT2D eigenvalue weighted by Gasteiger charge is 2.13. The van der Waals surface area contributed by atoms with E-state index >= 15 is 0 Å². The van der Waals surface area contributed by atoms with Gasteiger partial charge in [-0.05, 0) is 12.5 Å². The molecule has 0 atom stereocenters. The average Bonchev–Trinajstić information content (AvgIpc) is 2.35. The second-order valence-corrected chi connectivity index (χ2v) is 3.04. The minimum Gasteiger partial charge on any atom is -0.335 e. The van der Waals surface area contributed by atoms with Crippen LogP contribution in [0.5, 0.6) is 0 Å². The minimum absolute atomic E-state index is 0.266. The summed E-state index contributed by atoms with van der Waals surface area (Å²) in [5.41, 5.74) is 1.17. The molecule has 0 radical (unpaired) electrons. The SMILES string of the molecule is Cc1cn(C)c2ncc(F)c(F)c12. The van der Waals surface area contributed by atoms with Crippen LogP contribution in [0.3, 0.4) is 0 Å².